The molecule has 3 rings (SSSR count). The molecular weight excluding hydrogens is 290 g/mol. The van der Waals surface area contributed by atoms with E-state index in [9.17, 15) is 4.79 Å². The molecule has 0 N–H and O–H groups in total. The third-order valence-corrected chi connectivity index (χ3v) is 4.45. The van der Waals surface area contributed by atoms with Crippen molar-refractivity contribution in [3.8, 4) is 11.5 Å². The number of amides is 1. The number of hydrogen-bond donors (Lipinski definition) is 0. The summed E-state index contributed by atoms with van der Waals surface area (Å²) in [6.07, 6.45) is 0.882. The van der Waals surface area contributed by atoms with E-state index in [0.717, 1.165) is 13.0 Å². The van der Waals surface area contributed by atoms with Gasteiger partial charge in [0.2, 0.25) is 0 Å². The van der Waals surface area contributed by atoms with Crippen LogP contribution in [0, 0.1) is 0 Å². The van der Waals surface area contributed by atoms with Gasteiger partial charge < -0.3 is 14.4 Å². The zero-order chi connectivity index (χ0) is 16.4. The maximum atomic E-state index is 13.0. The second-order valence-corrected chi connectivity index (χ2v) is 5.72. The standard InChI is InChI=1S/C19H21NO3/c1-13-18-7-5-4-6-14(18)8-9-20(13)19(21)15-10-16(22-2)12-17(11-15)23-3/h4-7,10-13H,8-9H2,1-3H3. The molecule has 0 aliphatic carbocycles. The highest BCUT2D eigenvalue weighted by molar-refractivity contribution is 5.95. The lowest BCUT2D eigenvalue weighted by Gasteiger charge is -2.35. The lowest BCUT2D eigenvalue weighted by atomic mass is 9.93. The summed E-state index contributed by atoms with van der Waals surface area (Å²) < 4.78 is 10.5. The molecule has 0 saturated heterocycles. The minimum atomic E-state index is 0.00389. The summed E-state index contributed by atoms with van der Waals surface area (Å²) in [4.78, 5) is 14.9. The van der Waals surface area contributed by atoms with E-state index in [1.807, 2.05) is 11.0 Å². The van der Waals surface area contributed by atoms with E-state index in [4.69, 9.17) is 9.47 Å². The van der Waals surface area contributed by atoms with Crippen LogP contribution in [0.3, 0.4) is 0 Å². The van der Waals surface area contributed by atoms with Gasteiger partial charge in [0.15, 0.2) is 0 Å². The van der Waals surface area contributed by atoms with Crippen LogP contribution in [0.15, 0.2) is 42.5 Å². The molecule has 1 heterocycles. The topological polar surface area (TPSA) is 38.8 Å². The van der Waals surface area contributed by atoms with E-state index >= 15 is 0 Å². The van der Waals surface area contributed by atoms with E-state index in [1.54, 1.807) is 32.4 Å². The normalized spacial score (nSPS) is 16.7. The van der Waals surface area contributed by atoms with Gasteiger partial charge in [-0.1, -0.05) is 24.3 Å². The van der Waals surface area contributed by atoms with Gasteiger partial charge in [0, 0.05) is 18.2 Å². The third kappa shape index (κ3) is 2.89. The van der Waals surface area contributed by atoms with Crippen LogP contribution in [-0.2, 0) is 6.42 Å². The summed E-state index contributed by atoms with van der Waals surface area (Å²) >= 11 is 0. The van der Waals surface area contributed by atoms with Gasteiger partial charge in [-0.3, -0.25) is 4.79 Å². The van der Waals surface area contributed by atoms with Crippen molar-refractivity contribution in [3.63, 3.8) is 0 Å². The second kappa shape index (κ2) is 6.32. The fraction of sp³-hybridized carbons (Fsp3) is 0.316. The highest BCUT2D eigenvalue weighted by atomic mass is 16.5. The first-order chi connectivity index (χ1) is 11.1. The number of nitrogens with zero attached hydrogens (tertiary/aromatic N) is 1. The van der Waals surface area contributed by atoms with E-state index in [-0.39, 0.29) is 11.9 Å². The molecule has 4 nitrogen and oxygen atoms in total. The van der Waals surface area contributed by atoms with Crippen LogP contribution in [0.25, 0.3) is 0 Å². The molecule has 0 saturated carbocycles. The maximum absolute atomic E-state index is 13.0. The Bertz CT molecular complexity index is 704. The van der Waals surface area contributed by atoms with Crippen molar-refractivity contribution in [1.29, 1.82) is 0 Å². The molecule has 1 unspecified atom stereocenters. The zero-order valence-electron chi connectivity index (χ0n) is 13.7. The van der Waals surface area contributed by atoms with Crippen molar-refractivity contribution in [2.24, 2.45) is 0 Å². The van der Waals surface area contributed by atoms with Gasteiger partial charge in [-0.25, -0.2) is 0 Å². The van der Waals surface area contributed by atoms with Gasteiger partial charge >= 0.3 is 0 Å². The summed E-state index contributed by atoms with van der Waals surface area (Å²) in [6, 6.07) is 13.7. The minimum absolute atomic E-state index is 0.00389. The highest BCUT2D eigenvalue weighted by Crippen LogP contribution is 2.31. The first-order valence-corrected chi connectivity index (χ1v) is 7.76. The molecule has 1 aliphatic rings. The van der Waals surface area contributed by atoms with Gasteiger partial charge in [0.25, 0.3) is 5.91 Å². The predicted molar refractivity (Wildman–Crippen MR) is 89.1 cm³/mol. The van der Waals surface area contributed by atoms with E-state index in [1.165, 1.54) is 11.1 Å². The first kappa shape index (κ1) is 15.4. The van der Waals surface area contributed by atoms with Gasteiger partial charge in [-0.05, 0) is 36.6 Å². The quantitative estimate of drug-likeness (QED) is 0.871. The van der Waals surface area contributed by atoms with Gasteiger partial charge in [-0.15, -0.1) is 0 Å². The summed E-state index contributed by atoms with van der Waals surface area (Å²) in [6.45, 7) is 2.80. The molecule has 2 aromatic rings. The van der Waals surface area contributed by atoms with Crippen LogP contribution in [0.5, 0.6) is 11.5 Å². The summed E-state index contributed by atoms with van der Waals surface area (Å²) in [5, 5.41) is 0. The largest absolute Gasteiger partial charge is 0.497 e. The number of benzene rings is 2. The summed E-state index contributed by atoms with van der Waals surface area (Å²) in [7, 11) is 3.17. The maximum Gasteiger partial charge on any atom is 0.254 e. The van der Waals surface area contributed by atoms with Crippen LogP contribution >= 0.6 is 0 Å². The Balaban J connectivity index is 1.92. The molecule has 0 fully saturated rings. The van der Waals surface area contributed by atoms with Crippen molar-refractivity contribution in [2.45, 2.75) is 19.4 Å². The number of carbonyl (C=O) groups is 1. The lowest BCUT2D eigenvalue weighted by molar-refractivity contribution is 0.0677. The lowest BCUT2D eigenvalue weighted by Crippen LogP contribution is -2.38. The minimum Gasteiger partial charge on any atom is -0.497 e. The second-order valence-electron chi connectivity index (χ2n) is 5.72. The number of carbonyl (C=O) groups excluding carboxylic acids is 1. The SMILES string of the molecule is COc1cc(OC)cc(C(=O)N2CCc3ccccc3C2C)c1. The van der Waals surface area contributed by atoms with Crippen molar-refractivity contribution in [2.75, 3.05) is 20.8 Å². The van der Waals surface area contributed by atoms with Crippen LogP contribution in [0.1, 0.15) is 34.5 Å². The predicted octanol–water partition coefficient (Wildman–Crippen LogP) is 3.46. The van der Waals surface area contributed by atoms with Crippen molar-refractivity contribution < 1.29 is 14.3 Å². The van der Waals surface area contributed by atoms with Crippen LogP contribution in [0.2, 0.25) is 0 Å². The van der Waals surface area contributed by atoms with Gasteiger partial charge in [0.1, 0.15) is 11.5 Å². The molecule has 2 aromatic carbocycles. The van der Waals surface area contributed by atoms with E-state index < -0.39 is 0 Å². The first-order valence-electron chi connectivity index (χ1n) is 7.76. The Labute approximate surface area is 136 Å². The molecule has 120 valence electrons. The van der Waals surface area contributed by atoms with Gasteiger partial charge in [0.05, 0.1) is 20.3 Å². The Morgan fingerprint density at radius 1 is 1.09 bits per heavy atom. The van der Waals surface area contributed by atoms with Crippen LogP contribution in [-0.4, -0.2) is 31.6 Å². The average Bonchev–Trinajstić information content (AvgIpc) is 2.61. The molecule has 0 spiro atoms. The fourth-order valence-electron chi connectivity index (χ4n) is 3.15. The van der Waals surface area contributed by atoms with E-state index in [2.05, 4.69) is 25.1 Å². The highest BCUT2D eigenvalue weighted by Gasteiger charge is 2.28. The van der Waals surface area contributed by atoms with Gasteiger partial charge in [-0.2, -0.15) is 0 Å². The molecule has 4 heteroatoms. The number of fused-ring (bicyclic) bond motifs is 1. The fourth-order valence-corrected chi connectivity index (χ4v) is 3.15. The molecule has 0 radical (unpaired) electrons. The molecule has 0 aromatic heterocycles. The summed E-state index contributed by atoms with van der Waals surface area (Å²) in [5.41, 5.74) is 3.14. The molecule has 1 aliphatic heterocycles. The van der Waals surface area contributed by atoms with E-state index in [0.29, 0.717) is 17.1 Å². The van der Waals surface area contributed by atoms with Crippen molar-refractivity contribution >= 4 is 5.91 Å². The number of hydrogen-bond acceptors (Lipinski definition) is 3. The molecule has 23 heavy (non-hydrogen) atoms. The monoisotopic (exact) mass is 311 g/mol. The van der Waals surface area contributed by atoms with Crippen LogP contribution in [0.4, 0.5) is 0 Å². The Morgan fingerprint density at radius 3 is 2.39 bits per heavy atom. The zero-order valence-corrected chi connectivity index (χ0v) is 13.7. The molecule has 1 atom stereocenters. The van der Waals surface area contributed by atoms with Crippen molar-refractivity contribution in [1.82, 2.24) is 4.90 Å². The average molecular weight is 311 g/mol. The Morgan fingerprint density at radius 2 is 1.74 bits per heavy atom. The number of ether oxygens (including phenoxy) is 2. The Hall–Kier alpha value is -2.49. The number of rotatable bonds is 3. The third-order valence-electron chi connectivity index (χ3n) is 4.45. The van der Waals surface area contributed by atoms with Crippen LogP contribution < -0.4 is 9.47 Å². The number of methoxy groups -OCH3 is 2. The Kier molecular flexibility index (Phi) is 4.24. The molecular formula is C19H21NO3. The summed E-state index contributed by atoms with van der Waals surface area (Å²) in [5.74, 6) is 1.25. The molecule has 0 bridgehead atoms. The molecule has 1 amide bonds. The van der Waals surface area contributed by atoms with Crippen molar-refractivity contribution in [3.05, 3.63) is 59.2 Å². The smallest absolute Gasteiger partial charge is 0.254 e.